The first-order valence-corrected chi connectivity index (χ1v) is 9.99. The van der Waals surface area contributed by atoms with Crippen LogP contribution < -0.4 is 0 Å². The lowest BCUT2D eigenvalue weighted by Crippen LogP contribution is -2.21. The van der Waals surface area contributed by atoms with Gasteiger partial charge in [-0.05, 0) is 31.0 Å². The zero-order valence-corrected chi connectivity index (χ0v) is 14.0. The van der Waals surface area contributed by atoms with Crippen molar-refractivity contribution in [2.75, 3.05) is 11.5 Å². The van der Waals surface area contributed by atoms with Crippen molar-refractivity contribution in [3.8, 4) is 5.75 Å². The van der Waals surface area contributed by atoms with Crippen LogP contribution in [0.1, 0.15) is 12.8 Å². The van der Waals surface area contributed by atoms with E-state index in [1.807, 2.05) is 12.1 Å². The van der Waals surface area contributed by atoms with Crippen molar-refractivity contribution < 1.29 is 31.2 Å². The number of aromatic hydroxyl groups is 1. The van der Waals surface area contributed by atoms with E-state index in [9.17, 15) is 18.3 Å². The molecule has 9 heteroatoms. The van der Waals surface area contributed by atoms with Gasteiger partial charge in [0.1, 0.15) is 17.3 Å². The maximum absolute atomic E-state index is 10.7. The van der Waals surface area contributed by atoms with Crippen molar-refractivity contribution in [3.63, 3.8) is 0 Å². The normalized spacial score (nSPS) is 16.0. The quantitative estimate of drug-likeness (QED) is 0.467. The Bertz CT molecular complexity index is 813. The van der Waals surface area contributed by atoms with Crippen LogP contribution in [0, 0.1) is 0 Å². The summed E-state index contributed by atoms with van der Waals surface area (Å²) in [6.45, 7) is 0. The van der Waals surface area contributed by atoms with Gasteiger partial charge in [-0.1, -0.05) is 18.2 Å². The Morgan fingerprint density at radius 3 is 2.04 bits per heavy atom. The third-order valence-corrected chi connectivity index (χ3v) is 6.59. The molecule has 1 N–H and O–H groups in total. The van der Waals surface area contributed by atoms with Crippen LogP contribution in [0.15, 0.2) is 41.3 Å². The average Bonchev–Trinajstić information content (AvgIpc) is 3.00. The number of benzene rings is 2. The van der Waals surface area contributed by atoms with Gasteiger partial charge < -0.3 is 9.66 Å². The Morgan fingerprint density at radius 2 is 1.50 bits per heavy atom. The second kappa shape index (κ2) is 7.20. The second-order valence-electron chi connectivity index (χ2n) is 5.14. The predicted molar refractivity (Wildman–Crippen MR) is 86.0 cm³/mol. The Balaban J connectivity index is 0.000000224. The molecule has 2 aromatic rings. The number of halogens is 3. The number of rotatable bonds is 1. The molecule has 1 heterocycles. The summed E-state index contributed by atoms with van der Waals surface area (Å²) in [5.74, 6) is 3.06. The van der Waals surface area contributed by atoms with Crippen molar-refractivity contribution in [3.05, 3.63) is 36.4 Å². The van der Waals surface area contributed by atoms with Crippen LogP contribution in [0.3, 0.4) is 0 Å². The molecule has 0 radical (unpaired) electrons. The summed E-state index contributed by atoms with van der Waals surface area (Å²) in [6, 6.07) is 12.2. The fraction of sp³-hybridized carbons (Fsp3) is 0.333. The van der Waals surface area contributed by atoms with Gasteiger partial charge in [0.25, 0.3) is 0 Å². The number of fused-ring (bicyclic) bond motifs is 1. The molecule has 4 nitrogen and oxygen atoms in total. The number of phenols is 1. The summed E-state index contributed by atoms with van der Waals surface area (Å²) >= 11 is 0. The Morgan fingerprint density at radius 1 is 1.00 bits per heavy atom. The lowest BCUT2D eigenvalue weighted by atomic mass is 10.1. The number of phenolic OH excluding ortho intramolecular Hbond substituents is 1. The van der Waals surface area contributed by atoms with Gasteiger partial charge in [0.15, 0.2) is 15.0 Å². The first kappa shape index (κ1) is 18.9. The molecule has 24 heavy (non-hydrogen) atoms. The van der Waals surface area contributed by atoms with E-state index in [0.717, 1.165) is 5.39 Å². The molecule has 2 aromatic carbocycles. The topological polar surface area (TPSA) is 77.4 Å². The summed E-state index contributed by atoms with van der Waals surface area (Å²) in [5, 5.41) is 12.1. The molecule has 1 fully saturated rings. The van der Waals surface area contributed by atoms with Gasteiger partial charge in [-0.3, -0.25) is 0 Å². The molecule has 0 aromatic heterocycles. The first-order chi connectivity index (χ1) is 11.1. The minimum atomic E-state index is -6.09. The summed E-state index contributed by atoms with van der Waals surface area (Å²) in [6.07, 6.45) is 2.72. The zero-order chi connectivity index (χ0) is 18.0. The molecule has 1 aliphatic rings. The molecule has 0 aliphatic carbocycles. The molecule has 1 saturated heterocycles. The van der Waals surface area contributed by atoms with Crippen LogP contribution in [0.25, 0.3) is 10.8 Å². The van der Waals surface area contributed by atoms with Crippen LogP contribution in [0.5, 0.6) is 5.75 Å². The Kier molecular flexibility index (Phi) is 5.67. The summed E-state index contributed by atoms with van der Waals surface area (Å²) < 4.78 is 58.9. The molecular formula is C15H15F3O4S2. The van der Waals surface area contributed by atoms with E-state index >= 15 is 0 Å². The summed E-state index contributed by atoms with van der Waals surface area (Å²) in [4.78, 5) is 1.45. The molecule has 1 aliphatic heterocycles. The molecular weight excluding hydrogens is 365 g/mol. The smallest absolute Gasteiger partial charge is 0.485 e. The van der Waals surface area contributed by atoms with Gasteiger partial charge in [0.2, 0.25) is 0 Å². The van der Waals surface area contributed by atoms with Crippen LogP contribution >= 0.6 is 0 Å². The molecule has 0 amide bonds. The third-order valence-electron chi connectivity index (χ3n) is 3.49. The average molecular weight is 380 g/mol. The molecule has 0 atom stereocenters. The molecule has 0 spiro atoms. The Hall–Kier alpha value is -1.45. The lowest BCUT2D eigenvalue weighted by Gasteiger charge is -2.08. The summed E-state index contributed by atoms with van der Waals surface area (Å²) in [5.41, 5.74) is -5.65. The highest BCUT2D eigenvalue weighted by Crippen LogP contribution is 2.33. The highest BCUT2D eigenvalue weighted by molar-refractivity contribution is 7.97. The van der Waals surface area contributed by atoms with Crippen LogP contribution in [-0.2, 0) is 21.0 Å². The zero-order valence-electron chi connectivity index (χ0n) is 12.4. The standard InChI is InChI=1S/C14H14OS.CHF3O3S/c15-13-7-3-6-12-11(13)5-4-8-14(12)16-9-1-2-10-16;2-1(3,4)8(5,6)7/h3-8H,1-2,9-10H2;(H,5,6,7). The van der Waals surface area contributed by atoms with E-state index in [0.29, 0.717) is 16.6 Å². The van der Waals surface area contributed by atoms with Crippen LogP contribution in [-0.4, -0.2) is 35.1 Å². The van der Waals surface area contributed by atoms with Gasteiger partial charge >= 0.3 is 5.51 Å². The van der Waals surface area contributed by atoms with E-state index in [1.165, 1.54) is 34.6 Å². The molecule has 0 unspecified atom stereocenters. The van der Waals surface area contributed by atoms with Gasteiger partial charge in [-0.25, -0.2) is 8.42 Å². The van der Waals surface area contributed by atoms with Crippen molar-refractivity contribution in [1.82, 2.24) is 0 Å². The number of alkyl halides is 3. The van der Waals surface area contributed by atoms with E-state index in [-0.39, 0.29) is 0 Å². The van der Waals surface area contributed by atoms with Gasteiger partial charge in [0.05, 0.1) is 0 Å². The Labute approximate surface area is 140 Å². The molecule has 0 bridgehead atoms. The predicted octanol–water partition coefficient (Wildman–Crippen LogP) is 3.37. The van der Waals surface area contributed by atoms with Crippen LogP contribution in [0.4, 0.5) is 13.2 Å². The molecule has 0 saturated carbocycles. The van der Waals surface area contributed by atoms with Crippen LogP contribution in [0.2, 0.25) is 0 Å². The summed E-state index contributed by atoms with van der Waals surface area (Å²) in [7, 11) is -5.67. The SMILES string of the molecule is O=S(=O)([O-])C(F)(F)F.Oc1cccc2c([S+]3CCCC3)cccc12. The number of hydrogen-bond donors (Lipinski definition) is 1. The fourth-order valence-corrected chi connectivity index (χ4v) is 4.90. The number of hydrogen-bond acceptors (Lipinski definition) is 4. The fourth-order valence-electron chi connectivity index (χ4n) is 2.39. The van der Waals surface area contributed by atoms with E-state index < -0.39 is 15.6 Å². The highest BCUT2D eigenvalue weighted by Gasteiger charge is 2.36. The largest absolute Gasteiger partial charge is 0.741 e. The third kappa shape index (κ3) is 4.34. The van der Waals surface area contributed by atoms with Gasteiger partial charge in [-0.15, -0.1) is 0 Å². The molecule has 132 valence electrons. The van der Waals surface area contributed by atoms with E-state index in [2.05, 4.69) is 18.2 Å². The minimum Gasteiger partial charge on any atom is -0.741 e. The van der Waals surface area contributed by atoms with Crippen molar-refractivity contribution in [1.29, 1.82) is 0 Å². The highest BCUT2D eigenvalue weighted by atomic mass is 32.2. The second-order valence-corrected chi connectivity index (χ2v) is 8.75. The monoisotopic (exact) mass is 380 g/mol. The maximum atomic E-state index is 10.7. The van der Waals surface area contributed by atoms with E-state index in [1.54, 1.807) is 6.07 Å². The van der Waals surface area contributed by atoms with Gasteiger partial charge in [0, 0.05) is 21.7 Å². The van der Waals surface area contributed by atoms with Gasteiger partial charge in [-0.2, -0.15) is 13.2 Å². The first-order valence-electron chi connectivity index (χ1n) is 7.01. The van der Waals surface area contributed by atoms with Crippen molar-refractivity contribution in [2.24, 2.45) is 0 Å². The van der Waals surface area contributed by atoms with Crippen molar-refractivity contribution >= 4 is 31.8 Å². The van der Waals surface area contributed by atoms with E-state index in [4.69, 9.17) is 13.0 Å². The minimum absolute atomic E-state index is 0.405. The molecule has 3 rings (SSSR count). The lowest BCUT2D eigenvalue weighted by molar-refractivity contribution is -0.0517. The maximum Gasteiger partial charge on any atom is 0.485 e. The van der Waals surface area contributed by atoms with Crippen molar-refractivity contribution in [2.45, 2.75) is 23.2 Å².